The second-order valence-corrected chi connectivity index (χ2v) is 7.95. The number of nitrogens with zero attached hydrogens (tertiary/aromatic N) is 2. The number of aldehydes is 1. The van der Waals surface area contributed by atoms with Gasteiger partial charge in [-0.05, 0) is 46.2 Å². The quantitative estimate of drug-likeness (QED) is 0.753. The summed E-state index contributed by atoms with van der Waals surface area (Å²) in [6, 6.07) is -0.134. The lowest BCUT2D eigenvalue weighted by Crippen LogP contribution is -2.51. The number of nitrogens with one attached hydrogen (secondary N) is 1. The van der Waals surface area contributed by atoms with Crippen molar-refractivity contribution in [2.45, 2.75) is 52.7 Å². The third kappa shape index (κ3) is 6.47. The maximum Gasteiger partial charge on any atom is 0.410 e. The molecule has 1 atom stereocenters. The average Bonchev–Trinajstić information content (AvgIpc) is 2.45. The van der Waals surface area contributed by atoms with Gasteiger partial charge in [-0.25, -0.2) is 4.79 Å². The van der Waals surface area contributed by atoms with Gasteiger partial charge in [-0.15, -0.1) is 0 Å². The number of carbonyl (C=O) groups is 2. The number of rotatable bonds is 6. The molecule has 1 fully saturated rings. The van der Waals surface area contributed by atoms with E-state index < -0.39 is 5.60 Å². The minimum Gasteiger partial charge on any atom is -0.444 e. The Kier molecular flexibility index (Phi) is 7.02. The van der Waals surface area contributed by atoms with Gasteiger partial charge in [-0.1, -0.05) is 13.8 Å². The van der Waals surface area contributed by atoms with Crippen LogP contribution in [0.3, 0.4) is 0 Å². The van der Waals surface area contributed by atoms with Crippen LogP contribution in [0.2, 0.25) is 0 Å². The van der Waals surface area contributed by atoms with E-state index in [2.05, 4.69) is 24.1 Å². The summed E-state index contributed by atoms with van der Waals surface area (Å²) >= 11 is 0. The molecule has 0 bridgehead atoms. The number of piperazine rings is 1. The van der Waals surface area contributed by atoms with E-state index in [4.69, 9.17) is 4.74 Å². The molecular weight excluding hydrogens is 294 g/mol. The van der Waals surface area contributed by atoms with Crippen LogP contribution in [0.25, 0.3) is 0 Å². The van der Waals surface area contributed by atoms with Crippen molar-refractivity contribution in [2.24, 2.45) is 5.41 Å². The van der Waals surface area contributed by atoms with Gasteiger partial charge in [0.15, 0.2) is 0 Å². The first kappa shape index (κ1) is 19.9. The molecule has 0 aromatic heterocycles. The second kappa shape index (κ2) is 8.11. The van der Waals surface area contributed by atoms with Crippen LogP contribution in [-0.2, 0) is 9.53 Å². The Labute approximate surface area is 140 Å². The molecule has 23 heavy (non-hydrogen) atoms. The van der Waals surface area contributed by atoms with Crippen LogP contribution >= 0.6 is 0 Å². The zero-order valence-corrected chi connectivity index (χ0v) is 15.5. The van der Waals surface area contributed by atoms with E-state index in [0.29, 0.717) is 13.1 Å². The molecule has 0 aromatic carbocycles. The predicted octanol–water partition coefficient (Wildman–Crippen LogP) is 1.74. The van der Waals surface area contributed by atoms with Crippen LogP contribution in [0.5, 0.6) is 0 Å². The van der Waals surface area contributed by atoms with Crippen molar-refractivity contribution in [2.75, 3.05) is 39.8 Å². The van der Waals surface area contributed by atoms with Crippen LogP contribution in [-0.4, -0.2) is 73.6 Å². The fourth-order valence-electron chi connectivity index (χ4n) is 2.73. The van der Waals surface area contributed by atoms with Crippen molar-refractivity contribution in [3.05, 3.63) is 0 Å². The number of carbonyl (C=O) groups excluding carboxylic acids is 2. The zero-order chi connectivity index (χ0) is 17.7. The molecule has 6 nitrogen and oxygen atoms in total. The summed E-state index contributed by atoms with van der Waals surface area (Å²) in [5.41, 5.74) is -0.534. The van der Waals surface area contributed by atoms with Crippen molar-refractivity contribution in [3.63, 3.8) is 0 Å². The fraction of sp³-hybridized carbons (Fsp3) is 0.882. The van der Waals surface area contributed by atoms with E-state index in [9.17, 15) is 9.59 Å². The Balaban J connectivity index is 2.39. The zero-order valence-electron chi connectivity index (χ0n) is 15.5. The molecule has 1 N–H and O–H groups in total. The SMILES string of the molecule is CNC(C=O)C(C)(C)CCN1CCN(C(=O)OC(C)(C)C)CC1. The molecule has 1 amide bonds. The summed E-state index contributed by atoms with van der Waals surface area (Å²) in [5, 5.41) is 3.07. The molecule has 0 saturated carbocycles. The van der Waals surface area contributed by atoms with Gasteiger partial charge >= 0.3 is 6.09 Å². The minimum atomic E-state index is -0.449. The molecule has 1 saturated heterocycles. The Morgan fingerprint density at radius 1 is 1.17 bits per heavy atom. The van der Waals surface area contributed by atoms with Crippen molar-refractivity contribution in [3.8, 4) is 0 Å². The van der Waals surface area contributed by atoms with E-state index in [1.54, 1.807) is 4.90 Å². The van der Waals surface area contributed by atoms with Gasteiger partial charge < -0.3 is 19.7 Å². The maximum atomic E-state index is 12.0. The van der Waals surface area contributed by atoms with Gasteiger partial charge in [0.05, 0.1) is 6.04 Å². The van der Waals surface area contributed by atoms with E-state index in [1.807, 2.05) is 27.8 Å². The lowest BCUT2D eigenvalue weighted by Gasteiger charge is -2.38. The van der Waals surface area contributed by atoms with Crippen molar-refractivity contribution in [1.82, 2.24) is 15.1 Å². The summed E-state index contributed by atoms with van der Waals surface area (Å²) in [4.78, 5) is 27.3. The van der Waals surface area contributed by atoms with E-state index in [1.165, 1.54) is 0 Å². The number of likely N-dealkylation sites (N-methyl/N-ethyl adjacent to an activating group) is 1. The number of hydrogen-bond donors (Lipinski definition) is 1. The van der Waals surface area contributed by atoms with Crippen molar-refractivity contribution in [1.29, 1.82) is 0 Å². The van der Waals surface area contributed by atoms with E-state index in [0.717, 1.165) is 32.3 Å². The molecule has 1 aliphatic rings. The van der Waals surface area contributed by atoms with Gasteiger partial charge in [0.25, 0.3) is 0 Å². The normalized spacial score (nSPS) is 18.6. The molecule has 1 aliphatic heterocycles. The lowest BCUT2D eigenvalue weighted by atomic mass is 9.81. The van der Waals surface area contributed by atoms with Crippen LogP contribution in [0.4, 0.5) is 4.79 Å². The molecule has 0 radical (unpaired) electrons. The smallest absolute Gasteiger partial charge is 0.410 e. The highest BCUT2D eigenvalue weighted by Gasteiger charge is 2.30. The predicted molar refractivity (Wildman–Crippen MR) is 91.6 cm³/mol. The summed E-state index contributed by atoms with van der Waals surface area (Å²) in [5.74, 6) is 0. The first-order valence-electron chi connectivity index (χ1n) is 8.42. The standard InChI is InChI=1S/C17H33N3O3/c1-16(2,3)23-15(22)20-11-9-19(10-12-20)8-7-17(4,5)14(13-21)18-6/h13-14,18H,7-12H2,1-6H3. The van der Waals surface area contributed by atoms with Crippen LogP contribution in [0.15, 0.2) is 0 Å². The first-order chi connectivity index (χ1) is 10.6. The fourth-order valence-corrected chi connectivity index (χ4v) is 2.73. The largest absolute Gasteiger partial charge is 0.444 e. The van der Waals surface area contributed by atoms with Gasteiger partial charge in [-0.2, -0.15) is 0 Å². The summed E-state index contributed by atoms with van der Waals surface area (Å²) in [7, 11) is 1.82. The number of amides is 1. The summed E-state index contributed by atoms with van der Waals surface area (Å²) in [6.45, 7) is 13.9. The van der Waals surface area contributed by atoms with Gasteiger partial charge in [0.2, 0.25) is 0 Å². The monoisotopic (exact) mass is 327 g/mol. The summed E-state index contributed by atoms with van der Waals surface area (Å²) in [6.07, 6.45) is 1.69. The van der Waals surface area contributed by atoms with E-state index >= 15 is 0 Å². The maximum absolute atomic E-state index is 12.0. The highest BCUT2D eigenvalue weighted by molar-refractivity contribution is 5.68. The molecule has 0 spiro atoms. The van der Waals surface area contributed by atoms with Crippen LogP contribution in [0.1, 0.15) is 41.0 Å². The van der Waals surface area contributed by atoms with Gasteiger partial charge in [0, 0.05) is 26.2 Å². The molecule has 0 aromatic rings. The molecule has 0 aliphatic carbocycles. The lowest BCUT2D eigenvalue weighted by molar-refractivity contribution is -0.112. The number of hydrogen-bond acceptors (Lipinski definition) is 5. The topological polar surface area (TPSA) is 61.9 Å². The molecule has 1 unspecified atom stereocenters. The molecule has 134 valence electrons. The van der Waals surface area contributed by atoms with Gasteiger partial charge in [0.1, 0.15) is 11.9 Å². The third-order valence-corrected chi connectivity index (χ3v) is 4.39. The molecule has 1 heterocycles. The average molecular weight is 327 g/mol. The highest BCUT2D eigenvalue weighted by atomic mass is 16.6. The minimum absolute atomic E-state index is 0.0845. The number of ether oxygens (including phenoxy) is 1. The Morgan fingerprint density at radius 3 is 2.17 bits per heavy atom. The third-order valence-electron chi connectivity index (χ3n) is 4.39. The molecular formula is C17H33N3O3. The Hall–Kier alpha value is -1.14. The molecule has 6 heteroatoms. The second-order valence-electron chi connectivity index (χ2n) is 7.95. The van der Waals surface area contributed by atoms with Crippen LogP contribution < -0.4 is 5.32 Å². The van der Waals surface area contributed by atoms with Crippen molar-refractivity contribution < 1.29 is 14.3 Å². The Morgan fingerprint density at radius 2 is 1.74 bits per heavy atom. The van der Waals surface area contributed by atoms with Crippen LogP contribution in [0, 0.1) is 5.41 Å². The first-order valence-corrected chi connectivity index (χ1v) is 8.42. The Bertz CT molecular complexity index is 396. The van der Waals surface area contributed by atoms with Crippen molar-refractivity contribution >= 4 is 12.4 Å². The molecule has 1 rings (SSSR count). The summed E-state index contributed by atoms with van der Waals surface area (Å²) < 4.78 is 5.41. The van der Waals surface area contributed by atoms with E-state index in [-0.39, 0.29) is 17.6 Å². The van der Waals surface area contributed by atoms with Gasteiger partial charge in [-0.3, -0.25) is 4.90 Å². The highest BCUT2D eigenvalue weighted by Crippen LogP contribution is 2.25.